The molecule has 32 heavy (non-hydrogen) atoms. The number of hydrogen-bond donors (Lipinski definition) is 1. The molecule has 2 heterocycles. The van der Waals surface area contributed by atoms with E-state index in [0.717, 1.165) is 17.5 Å². The fraction of sp³-hybridized carbons (Fsp3) is 0.364. The van der Waals surface area contributed by atoms with Gasteiger partial charge in [0.1, 0.15) is 13.2 Å². The number of aromatic nitrogens is 1. The molecule has 0 aliphatic carbocycles. The number of benzene rings is 2. The van der Waals surface area contributed by atoms with Crippen molar-refractivity contribution in [3.05, 3.63) is 42.0 Å². The van der Waals surface area contributed by atoms with Crippen LogP contribution in [0.1, 0.15) is 37.0 Å². The first-order valence-corrected chi connectivity index (χ1v) is 12.8. The molecule has 1 aromatic heterocycles. The van der Waals surface area contributed by atoms with Gasteiger partial charge in [-0.05, 0) is 37.1 Å². The molecule has 1 aliphatic heterocycles. The van der Waals surface area contributed by atoms with E-state index in [1.54, 1.807) is 6.07 Å². The van der Waals surface area contributed by atoms with Gasteiger partial charge in [0.25, 0.3) is 5.91 Å². The number of nitrogens with zero attached hydrogens (tertiary/aromatic N) is 2. The molecular weight excluding hydrogens is 450 g/mol. The average molecular weight is 476 g/mol. The quantitative estimate of drug-likeness (QED) is 0.526. The van der Waals surface area contributed by atoms with Gasteiger partial charge in [0.2, 0.25) is 10.0 Å². The molecule has 8 nitrogen and oxygen atoms in total. The van der Waals surface area contributed by atoms with Gasteiger partial charge in [-0.25, -0.2) is 13.4 Å². The molecule has 2 aromatic carbocycles. The van der Waals surface area contributed by atoms with Crippen LogP contribution >= 0.6 is 11.3 Å². The third-order valence-corrected chi connectivity index (χ3v) is 7.82. The predicted molar refractivity (Wildman–Crippen MR) is 124 cm³/mol. The fourth-order valence-corrected chi connectivity index (χ4v) is 5.96. The zero-order valence-electron chi connectivity index (χ0n) is 18.0. The second-order valence-electron chi connectivity index (χ2n) is 7.37. The molecule has 0 spiro atoms. The van der Waals surface area contributed by atoms with E-state index in [1.807, 2.05) is 19.9 Å². The Morgan fingerprint density at radius 1 is 1.06 bits per heavy atom. The minimum atomic E-state index is -3.58. The third-order valence-electron chi connectivity index (χ3n) is 4.97. The predicted octanol–water partition coefficient (Wildman–Crippen LogP) is 4.13. The van der Waals surface area contributed by atoms with Crippen LogP contribution in [0.2, 0.25) is 0 Å². The van der Waals surface area contributed by atoms with Crippen molar-refractivity contribution in [1.29, 1.82) is 0 Å². The second kappa shape index (κ2) is 9.43. The summed E-state index contributed by atoms with van der Waals surface area (Å²) in [5, 5.41) is 3.23. The Balaban J connectivity index is 1.50. The summed E-state index contributed by atoms with van der Waals surface area (Å²) in [5.41, 5.74) is 1.06. The molecular formula is C22H25N3O5S2. The molecule has 0 atom stereocenters. The molecule has 0 saturated carbocycles. The minimum absolute atomic E-state index is 0.182. The lowest BCUT2D eigenvalue weighted by Gasteiger charge is -2.21. The molecule has 0 radical (unpaired) electrons. The first-order valence-electron chi connectivity index (χ1n) is 10.5. The molecule has 1 amide bonds. The van der Waals surface area contributed by atoms with Gasteiger partial charge in [-0.1, -0.05) is 25.2 Å². The van der Waals surface area contributed by atoms with Crippen molar-refractivity contribution in [2.24, 2.45) is 0 Å². The maximum absolute atomic E-state index is 12.9. The van der Waals surface area contributed by atoms with E-state index in [2.05, 4.69) is 10.3 Å². The number of amides is 1. The first-order chi connectivity index (χ1) is 15.4. The van der Waals surface area contributed by atoms with E-state index >= 15 is 0 Å². The lowest BCUT2D eigenvalue weighted by atomic mass is 10.2. The summed E-state index contributed by atoms with van der Waals surface area (Å²) >= 11 is 1.33. The summed E-state index contributed by atoms with van der Waals surface area (Å²) in [6, 6.07) is 9.65. The number of carbonyl (C=O) groups is 1. The van der Waals surface area contributed by atoms with E-state index in [0.29, 0.717) is 54.0 Å². The van der Waals surface area contributed by atoms with E-state index in [4.69, 9.17) is 9.47 Å². The summed E-state index contributed by atoms with van der Waals surface area (Å²) in [5.74, 6) is 0.954. The van der Waals surface area contributed by atoms with Crippen LogP contribution in [0.5, 0.6) is 11.5 Å². The highest BCUT2D eigenvalue weighted by Crippen LogP contribution is 2.37. The number of sulfonamides is 1. The molecule has 10 heteroatoms. The largest absolute Gasteiger partial charge is 0.486 e. The third kappa shape index (κ3) is 4.57. The van der Waals surface area contributed by atoms with Crippen LogP contribution in [0.3, 0.4) is 0 Å². The Kier molecular flexibility index (Phi) is 6.63. The van der Waals surface area contributed by atoms with Crippen molar-refractivity contribution >= 4 is 42.6 Å². The highest BCUT2D eigenvalue weighted by molar-refractivity contribution is 7.89. The van der Waals surface area contributed by atoms with Gasteiger partial charge in [0.05, 0.1) is 15.1 Å². The first kappa shape index (κ1) is 22.5. The number of carbonyl (C=O) groups excluding carboxylic acids is 1. The van der Waals surface area contributed by atoms with Gasteiger partial charge >= 0.3 is 0 Å². The molecule has 170 valence electrons. The molecule has 1 aliphatic rings. The summed E-state index contributed by atoms with van der Waals surface area (Å²) in [6.45, 7) is 5.82. The van der Waals surface area contributed by atoms with Gasteiger partial charge in [0, 0.05) is 30.8 Å². The van der Waals surface area contributed by atoms with E-state index in [1.165, 1.54) is 39.9 Å². The standard InChI is InChI=1S/C22H25N3O5S2/c1-3-9-25(10-4-2)32(27,28)16-7-5-15(6-8-16)21(26)24-22-23-17-13-18-19(14-20(17)31-22)30-12-11-29-18/h5-8,13-14H,3-4,9-12H2,1-2H3,(H,23,24,26). The van der Waals surface area contributed by atoms with E-state index in [-0.39, 0.29) is 10.8 Å². The van der Waals surface area contributed by atoms with Crippen LogP contribution in [0.25, 0.3) is 10.2 Å². The van der Waals surface area contributed by atoms with Crippen molar-refractivity contribution in [2.75, 3.05) is 31.6 Å². The van der Waals surface area contributed by atoms with Gasteiger partial charge in [-0.2, -0.15) is 4.31 Å². The number of nitrogens with one attached hydrogen (secondary N) is 1. The van der Waals surface area contributed by atoms with Crippen LogP contribution in [0.15, 0.2) is 41.3 Å². The zero-order chi connectivity index (χ0) is 22.7. The Morgan fingerprint density at radius 3 is 2.31 bits per heavy atom. The monoisotopic (exact) mass is 475 g/mol. The maximum atomic E-state index is 12.9. The Labute approximate surface area is 191 Å². The molecule has 0 unspecified atom stereocenters. The van der Waals surface area contributed by atoms with Crippen molar-refractivity contribution in [3.63, 3.8) is 0 Å². The Morgan fingerprint density at radius 2 is 1.69 bits per heavy atom. The molecule has 4 rings (SSSR count). The summed E-state index contributed by atoms with van der Waals surface area (Å²) in [4.78, 5) is 17.3. The number of ether oxygens (including phenoxy) is 2. The smallest absolute Gasteiger partial charge is 0.257 e. The number of anilines is 1. The summed E-state index contributed by atoms with van der Waals surface area (Å²) in [6.07, 6.45) is 1.48. The second-order valence-corrected chi connectivity index (χ2v) is 10.3. The summed E-state index contributed by atoms with van der Waals surface area (Å²) < 4.78 is 39.3. The maximum Gasteiger partial charge on any atom is 0.257 e. The van der Waals surface area contributed by atoms with Crippen LogP contribution in [0.4, 0.5) is 5.13 Å². The minimum Gasteiger partial charge on any atom is -0.486 e. The zero-order valence-corrected chi connectivity index (χ0v) is 19.6. The van der Waals surface area contributed by atoms with Crippen LogP contribution in [-0.2, 0) is 10.0 Å². The fourth-order valence-electron chi connectivity index (χ4n) is 3.47. The SMILES string of the molecule is CCCN(CCC)S(=O)(=O)c1ccc(C(=O)Nc2nc3cc4c(cc3s2)OCCO4)cc1. The highest BCUT2D eigenvalue weighted by atomic mass is 32.2. The summed E-state index contributed by atoms with van der Waals surface area (Å²) in [7, 11) is -3.58. The highest BCUT2D eigenvalue weighted by Gasteiger charge is 2.23. The topological polar surface area (TPSA) is 97.8 Å². The lowest BCUT2D eigenvalue weighted by Crippen LogP contribution is -2.32. The van der Waals surface area contributed by atoms with Gasteiger partial charge in [-0.3, -0.25) is 10.1 Å². The number of fused-ring (bicyclic) bond motifs is 2. The molecule has 0 fully saturated rings. The van der Waals surface area contributed by atoms with Gasteiger partial charge < -0.3 is 9.47 Å². The molecule has 3 aromatic rings. The normalized spacial score (nSPS) is 13.5. The van der Waals surface area contributed by atoms with Crippen LogP contribution < -0.4 is 14.8 Å². The number of thiazole rings is 1. The van der Waals surface area contributed by atoms with Crippen molar-refractivity contribution in [2.45, 2.75) is 31.6 Å². The Hall–Kier alpha value is -2.69. The van der Waals surface area contributed by atoms with E-state index < -0.39 is 10.0 Å². The van der Waals surface area contributed by atoms with Crippen molar-refractivity contribution < 1.29 is 22.7 Å². The average Bonchev–Trinajstić information content (AvgIpc) is 3.18. The van der Waals surface area contributed by atoms with Crippen LogP contribution in [-0.4, -0.2) is 49.9 Å². The molecule has 0 bridgehead atoms. The number of rotatable bonds is 8. The van der Waals surface area contributed by atoms with Gasteiger partial charge in [0.15, 0.2) is 16.6 Å². The molecule has 1 N–H and O–H groups in total. The lowest BCUT2D eigenvalue weighted by molar-refractivity contribution is 0.102. The van der Waals surface area contributed by atoms with E-state index in [9.17, 15) is 13.2 Å². The Bertz CT molecular complexity index is 1170. The number of hydrogen-bond acceptors (Lipinski definition) is 7. The van der Waals surface area contributed by atoms with Crippen molar-refractivity contribution in [3.8, 4) is 11.5 Å². The van der Waals surface area contributed by atoms with Crippen LogP contribution in [0, 0.1) is 0 Å². The van der Waals surface area contributed by atoms with Crippen molar-refractivity contribution in [1.82, 2.24) is 9.29 Å². The molecule has 0 saturated heterocycles. The van der Waals surface area contributed by atoms with Gasteiger partial charge in [-0.15, -0.1) is 0 Å².